The molecule has 29 heavy (non-hydrogen) atoms. The number of hydrogen-bond acceptors (Lipinski definition) is 3. The Morgan fingerprint density at radius 2 is 1.48 bits per heavy atom. The van der Waals surface area contributed by atoms with Crippen LogP contribution in [0.1, 0.15) is 102 Å². The maximum Gasteiger partial charge on any atom is 0.250 e. The highest BCUT2D eigenvalue weighted by Gasteiger charge is 2.00. The molecular formula is C24H40N2OS2. The van der Waals surface area contributed by atoms with Crippen LogP contribution in [0.25, 0.3) is 6.08 Å². The lowest BCUT2D eigenvalue weighted by molar-refractivity contribution is -0.115. The lowest BCUT2D eigenvalue weighted by atomic mass is 10.0. The summed E-state index contributed by atoms with van der Waals surface area (Å²) in [4.78, 5) is 12.8. The molecule has 0 spiro atoms. The Hall–Kier alpha value is -1.20. The van der Waals surface area contributed by atoms with Gasteiger partial charge in [0.15, 0.2) is 5.11 Å². The molecule has 0 fully saturated rings. The molecule has 0 aliphatic heterocycles. The van der Waals surface area contributed by atoms with Crippen molar-refractivity contribution < 1.29 is 4.79 Å². The van der Waals surface area contributed by atoms with Crippen molar-refractivity contribution >= 4 is 40.7 Å². The number of nitrogens with one attached hydrogen (secondary N) is 2. The number of amides is 1. The fourth-order valence-electron chi connectivity index (χ4n) is 3.26. The van der Waals surface area contributed by atoms with Crippen molar-refractivity contribution in [1.82, 2.24) is 10.6 Å². The minimum atomic E-state index is -0.183. The van der Waals surface area contributed by atoms with Crippen molar-refractivity contribution in [2.75, 3.05) is 6.54 Å². The van der Waals surface area contributed by atoms with E-state index in [1.54, 1.807) is 17.4 Å². The SMILES string of the molecule is CCCCCCCCCCCCCCCCNC(=S)NC(=O)/C=C/c1cccs1. The Morgan fingerprint density at radius 3 is 2.00 bits per heavy atom. The number of thiocarbonyl (C=S) groups is 1. The van der Waals surface area contributed by atoms with Gasteiger partial charge in [0.25, 0.3) is 0 Å². The van der Waals surface area contributed by atoms with E-state index in [0.29, 0.717) is 5.11 Å². The Kier molecular flexibility index (Phi) is 16.8. The van der Waals surface area contributed by atoms with Crippen LogP contribution >= 0.6 is 23.6 Å². The summed E-state index contributed by atoms with van der Waals surface area (Å²) >= 11 is 6.77. The average molecular weight is 437 g/mol. The van der Waals surface area contributed by atoms with Gasteiger partial charge in [-0.2, -0.15) is 0 Å². The van der Waals surface area contributed by atoms with Crippen LogP contribution in [0.15, 0.2) is 23.6 Å². The van der Waals surface area contributed by atoms with Crippen molar-refractivity contribution in [3.63, 3.8) is 0 Å². The second kappa shape index (κ2) is 18.8. The minimum Gasteiger partial charge on any atom is -0.362 e. The largest absolute Gasteiger partial charge is 0.362 e. The fraction of sp³-hybridized carbons (Fsp3) is 0.667. The van der Waals surface area contributed by atoms with Crippen LogP contribution in [0, 0.1) is 0 Å². The molecule has 164 valence electrons. The summed E-state index contributed by atoms with van der Waals surface area (Å²) in [6.07, 6.45) is 22.3. The van der Waals surface area contributed by atoms with Gasteiger partial charge in [-0.05, 0) is 36.2 Å². The normalized spacial score (nSPS) is 11.1. The van der Waals surface area contributed by atoms with Gasteiger partial charge >= 0.3 is 0 Å². The highest BCUT2D eigenvalue weighted by Crippen LogP contribution is 2.13. The summed E-state index contributed by atoms with van der Waals surface area (Å²) in [6.45, 7) is 3.10. The molecule has 0 unspecified atom stereocenters. The zero-order valence-electron chi connectivity index (χ0n) is 18.2. The van der Waals surface area contributed by atoms with Crippen molar-refractivity contribution in [3.05, 3.63) is 28.5 Å². The highest BCUT2D eigenvalue weighted by molar-refractivity contribution is 7.80. The van der Waals surface area contributed by atoms with Crippen LogP contribution in [-0.4, -0.2) is 17.6 Å². The smallest absolute Gasteiger partial charge is 0.250 e. The molecule has 0 radical (unpaired) electrons. The Labute approximate surface area is 187 Å². The lowest BCUT2D eigenvalue weighted by Crippen LogP contribution is -2.38. The first kappa shape index (κ1) is 25.8. The minimum absolute atomic E-state index is 0.183. The van der Waals surface area contributed by atoms with Crippen LogP contribution in [0.2, 0.25) is 0 Å². The standard InChI is InChI=1S/C24H40N2OS2/c1-2-3-4-5-6-7-8-9-10-11-12-13-14-15-20-25-24(28)26-23(27)19-18-22-17-16-21-29-22/h16-19,21H,2-15,20H2,1H3,(H2,25,26,27,28)/b19-18+. The van der Waals surface area contributed by atoms with Gasteiger partial charge in [0.05, 0.1) is 0 Å². The van der Waals surface area contributed by atoms with Gasteiger partial charge in [-0.25, -0.2) is 0 Å². The first-order chi connectivity index (χ1) is 14.2. The maximum atomic E-state index is 11.8. The Balaban J connectivity index is 1.83. The van der Waals surface area contributed by atoms with Gasteiger partial charge in [0.2, 0.25) is 5.91 Å². The number of carbonyl (C=O) groups is 1. The van der Waals surface area contributed by atoms with E-state index in [1.807, 2.05) is 17.5 Å². The van der Waals surface area contributed by atoms with Crippen molar-refractivity contribution in [1.29, 1.82) is 0 Å². The molecular weight excluding hydrogens is 396 g/mol. The molecule has 1 aromatic rings. The molecule has 0 saturated heterocycles. The second-order valence-electron chi connectivity index (χ2n) is 7.69. The number of rotatable bonds is 17. The van der Waals surface area contributed by atoms with E-state index >= 15 is 0 Å². The van der Waals surface area contributed by atoms with Gasteiger partial charge in [-0.1, -0.05) is 96.5 Å². The quantitative estimate of drug-likeness (QED) is 0.154. The van der Waals surface area contributed by atoms with Gasteiger partial charge in [-0.3, -0.25) is 10.1 Å². The summed E-state index contributed by atoms with van der Waals surface area (Å²) < 4.78 is 0. The van der Waals surface area contributed by atoms with Gasteiger partial charge in [0.1, 0.15) is 0 Å². The highest BCUT2D eigenvalue weighted by atomic mass is 32.1. The topological polar surface area (TPSA) is 41.1 Å². The predicted octanol–water partition coefficient (Wildman–Crippen LogP) is 7.23. The Bertz CT molecular complexity index is 555. The monoisotopic (exact) mass is 436 g/mol. The third-order valence-electron chi connectivity index (χ3n) is 4.99. The molecule has 0 saturated carbocycles. The van der Waals surface area contributed by atoms with Crippen LogP contribution in [0.3, 0.4) is 0 Å². The molecule has 0 bridgehead atoms. The summed E-state index contributed by atoms with van der Waals surface area (Å²) in [5.74, 6) is -0.183. The van der Waals surface area contributed by atoms with Gasteiger partial charge in [0, 0.05) is 17.5 Å². The molecule has 3 nitrogen and oxygen atoms in total. The zero-order chi connectivity index (χ0) is 21.0. The summed E-state index contributed by atoms with van der Waals surface area (Å²) in [6, 6.07) is 3.94. The third-order valence-corrected chi connectivity index (χ3v) is 6.08. The third kappa shape index (κ3) is 16.3. The second-order valence-corrected chi connectivity index (χ2v) is 9.08. The molecule has 5 heteroatoms. The van der Waals surface area contributed by atoms with E-state index in [1.165, 1.54) is 89.5 Å². The molecule has 1 aromatic heterocycles. The van der Waals surface area contributed by atoms with E-state index in [4.69, 9.17) is 12.2 Å². The average Bonchev–Trinajstić information content (AvgIpc) is 3.23. The molecule has 0 atom stereocenters. The van der Waals surface area contributed by atoms with Crippen molar-refractivity contribution in [2.45, 2.75) is 96.8 Å². The molecule has 0 aliphatic rings. The first-order valence-electron chi connectivity index (χ1n) is 11.5. The van der Waals surface area contributed by atoms with Crippen LogP contribution in [-0.2, 0) is 4.79 Å². The van der Waals surface area contributed by atoms with E-state index in [2.05, 4.69) is 17.6 Å². The molecule has 0 aliphatic carbocycles. The Morgan fingerprint density at radius 1 is 0.931 bits per heavy atom. The van der Waals surface area contributed by atoms with Crippen LogP contribution in [0.4, 0.5) is 0 Å². The molecule has 1 rings (SSSR count). The number of carbonyl (C=O) groups excluding carboxylic acids is 1. The van der Waals surface area contributed by atoms with E-state index in [-0.39, 0.29) is 5.91 Å². The summed E-state index contributed by atoms with van der Waals surface area (Å²) in [5.41, 5.74) is 0. The number of unbranched alkanes of at least 4 members (excludes halogenated alkanes) is 13. The molecule has 1 amide bonds. The van der Waals surface area contributed by atoms with Gasteiger partial charge in [-0.15, -0.1) is 11.3 Å². The van der Waals surface area contributed by atoms with Crippen molar-refractivity contribution in [3.8, 4) is 0 Å². The van der Waals surface area contributed by atoms with E-state index in [0.717, 1.165) is 17.8 Å². The molecule has 2 N–H and O–H groups in total. The zero-order valence-corrected chi connectivity index (χ0v) is 19.9. The lowest BCUT2D eigenvalue weighted by Gasteiger charge is -2.08. The number of hydrogen-bond donors (Lipinski definition) is 2. The van der Waals surface area contributed by atoms with Gasteiger partial charge < -0.3 is 5.32 Å². The maximum absolute atomic E-state index is 11.8. The van der Waals surface area contributed by atoms with Crippen molar-refractivity contribution in [2.24, 2.45) is 0 Å². The van der Waals surface area contributed by atoms with Crippen LogP contribution in [0.5, 0.6) is 0 Å². The molecule has 1 heterocycles. The first-order valence-corrected chi connectivity index (χ1v) is 12.8. The summed E-state index contributed by atoms with van der Waals surface area (Å²) in [5, 5.41) is 8.21. The van der Waals surface area contributed by atoms with E-state index < -0.39 is 0 Å². The number of thiophene rings is 1. The van der Waals surface area contributed by atoms with Crippen LogP contribution < -0.4 is 10.6 Å². The summed E-state index contributed by atoms with van der Waals surface area (Å²) in [7, 11) is 0. The predicted molar refractivity (Wildman–Crippen MR) is 132 cm³/mol. The van der Waals surface area contributed by atoms with E-state index in [9.17, 15) is 4.79 Å². The molecule has 0 aromatic carbocycles. The fourth-order valence-corrected chi connectivity index (χ4v) is 4.08.